The number of hydrogen-bond acceptors (Lipinski definition) is 2. The van der Waals surface area contributed by atoms with E-state index in [-0.39, 0.29) is 24.4 Å². The van der Waals surface area contributed by atoms with Crippen molar-refractivity contribution in [3.63, 3.8) is 0 Å². The summed E-state index contributed by atoms with van der Waals surface area (Å²) in [6.45, 7) is 2.48. The summed E-state index contributed by atoms with van der Waals surface area (Å²) in [5.41, 5.74) is 7.42. The summed E-state index contributed by atoms with van der Waals surface area (Å²) >= 11 is 0. The second kappa shape index (κ2) is 6.03. The van der Waals surface area contributed by atoms with Gasteiger partial charge in [-0.15, -0.1) is 12.4 Å². The van der Waals surface area contributed by atoms with E-state index >= 15 is 0 Å². The molecule has 94 valence electrons. The van der Waals surface area contributed by atoms with Gasteiger partial charge in [0.15, 0.2) is 0 Å². The average molecular weight is 255 g/mol. The highest BCUT2D eigenvalue weighted by molar-refractivity contribution is 5.95. The SMILES string of the molecule is Cc1ccccc1C(=O)NC(CN)C1CC1.Cl. The van der Waals surface area contributed by atoms with Crippen LogP contribution in [0.3, 0.4) is 0 Å². The van der Waals surface area contributed by atoms with Crippen molar-refractivity contribution in [1.29, 1.82) is 0 Å². The van der Waals surface area contributed by atoms with Crippen LogP contribution >= 0.6 is 12.4 Å². The Kier molecular flexibility index (Phi) is 4.97. The van der Waals surface area contributed by atoms with Gasteiger partial charge in [0, 0.05) is 18.2 Å². The van der Waals surface area contributed by atoms with Gasteiger partial charge in [0.2, 0.25) is 0 Å². The van der Waals surface area contributed by atoms with Crippen LogP contribution in [0.2, 0.25) is 0 Å². The molecule has 17 heavy (non-hydrogen) atoms. The van der Waals surface area contributed by atoms with E-state index in [0.29, 0.717) is 12.5 Å². The monoisotopic (exact) mass is 254 g/mol. The van der Waals surface area contributed by atoms with Gasteiger partial charge in [0.25, 0.3) is 5.91 Å². The number of hydrogen-bond donors (Lipinski definition) is 2. The Morgan fingerprint density at radius 2 is 2.12 bits per heavy atom. The van der Waals surface area contributed by atoms with E-state index in [1.807, 2.05) is 31.2 Å². The van der Waals surface area contributed by atoms with E-state index in [2.05, 4.69) is 5.32 Å². The lowest BCUT2D eigenvalue weighted by atomic mass is 10.1. The van der Waals surface area contributed by atoms with Crippen molar-refractivity contribution in [2.24, 2.45) is 11.7 Å². The molecular formula is C13H19ClN2O. The van der Waals surface area contributed by atoms with Crippen LogP contribution in [0, 0.1) is 12.8 Å². The second-order valence-corrected chi connectivity index (χ2v) is 4.47. The lowest BCUT2D eigenvalue weighted by Crippen LogP contribution is -2.41. The number of amides is 1. The maximum Gasteiger partial charge on any atom is 0.251 e. The van der Waals surface area contributed by atoms with E-state index < -0.39 is 0 Å². The molecule has 0 bridgehead atoms. The third-order valence-electron chi connectivity index (χ3n) is 3.15. The first-order valence-electron chi connectivity index (χ1n) is 5.79. The maximum absolute atomic E-state index is 12.0. The van der Waals surface area contributed by atoms with Gasteiger partial charge in [-0.05, 0) is 37.3 Å². The third kappa shape index (κ3) is 3.45. The molecule has 0 aliphatic heterocycles. The molecule has 1 amide bonds. The van der Waals surface area contributed by atoms with Crippen molar-refractivity contribution in [3.8, 4) is 0 Å². The number of benzene rings is 1. The van der Waals surface area contributed by atoms with Gasteiger partial charge >= 0.3 is 0 Å². The van der Waals surface area contributed by atoms with Gasteiger partial charge in [-0.3, -0.25) is 4.79 Å². The van der Waals surface area contributed by atoms with E-state index in [9.17, 15) is 4.79 Å². The number of nitrogens with one attached hydrogen (secondary N) is 1. The Labute approximate surface area is 108 Å². The summed E-state index contributed by atoms with van der Waals surface area (Å²) in [7, 11) is 0. The van der Waals surface area contributed by atoms with Gasteiger partial charge in [-0.1, -0.05) is 18.2 Å². The summed E-state index contributed by atoms with van der Waals surface area (Å²) in [6.07, 6.45) is 2.38. The average Bonchev–Trinajstić information content (AvgIpc) is 3.10. The van der Waals surface area contributed by atoms with Crippen molar-refractivity contribution in [3.05, 3.63) is 35.4 Å². The molecule has 1 aliphatic carbocycles. The normalized spacial score (nSPS) is 15.9. The lowest BCUT2D eigenvalue weighted by molar-refractivity contribution is 0.0933. The molecule has 0 radical (unpaired) electrons. The Bertz CT molecular complexity index is 391. The molecule has 1 fully saturated rings. The van der Waals surface area contributed by atoms with Gasteiger partial charge < -0.3 is 11.1 Å². The molecule has 1 saturated carbocycles. The fourth-order valence-corrected chi connectivity index (χ4v) is 1.94. The minimum absolute atomic E-state index is 0. The predicted octanol–water partition coefficient (Wildman–Crippen LogP) is 1.88. The molecule has 1 unspecified atom stereocenters. The predicted molar refractivity (Wildman–Crippen MR) is 71.5 cm³/mol. The van der Waals surface area contributed by atoms with Crippen LogP contribution < -0.4 is 11.1 Å². The van der Waals surface area contributed by atoms with Crippen molar-refractivity contribution in [2.75, 3.05) is 6.54 Å². The Morgan fingerprint density at radius 1 is 1.47 bits per heavy atom. The minimum Gasteiger partial charge on any atom is -0.348 e. The second-order valence-electron chi connectivity index (χ2n) is 4.47. The highest BCUT2D eigenvalue weighted by Crippen LogP contribution is 2.32. The number of aryl methyl sites for hydroxylation is 1. The number of nitrogens with two attached hydrogens (primary N) is 1. The van der Waals surface area contributed by atoms with Gasteiger partial charge in [-0.25, -0.2) is 0 Å². The molecule has 3 nitrogen and oxygen atoms in total. The molecule has 3 N–H and O–H groups in total. The zero-order valence-corrected chi connectivity index (χ0v) is 10.8. The van der Waals surface area contributed by atoms with Gasteiger partial charge in [0.1, 0.15) is 0 Å². The molecule has 1 aromatic carbocycles. The molecule has 2 rings (SSSR count). The van der Waals surface area contributed by atoms with Crippen molar-refractivity contribution >= 4 is 18.3 Å². The quantitative estimate of drug-likeness (QED) is 0.862. The van der Waals surface area contributed by atoms with Crippen LogP contribution in [0.5, 0.6) is 0 Å². The van der Waals surface area contributed by atoms with Crippen LogP contribution in [0.15, 0.2) is 24.3 Å². The van der Waals surface area contributed by atoms with Crippen LogP contribution in [0.1, 0.15) is 28.8 Å². The topological polar surface area (TPSA) is 55.1 Å². The Balaban J connectivity index is 0.00000144. The standard InChI is InChI=1S/C13H18N2O.ClH/c1-9-4-2-3-5-11(9)13(16)15-12(8-14)10-6-7-10;/h2-5,10,12H,6-8,14H2,1H3,(H,15,16);1H. The van der Waals surface area contributed by atoms with E-state index in [1.54, 1.807) is 0 Å². The minimum atomic E-state index is 0. The number of halogens is 1. The summed E-state index contributed by atoms with van der Waals surface area (Å²) in [4.78, 5) is 12.0. The molecule has 1 atom stereocenters. The fourth-order valence-electron chi connectivity index (χ4n) is 1.94. The van der Waals surface area contributed by atoms with Crippen molar-refractivity contribution in [2.45, 2.75) is 25.8 Å². The van der Waals surface area contributed by atoms with E-state index in [1.165, 1.54) is 12.8 Å². The molecule has 1 aliphatic rings. The molecule has 0 saturated heterocycles. The highest BCUT2D eigenvalue weighted by atomic mass is 35.5. The van der Waals surface area contributed by atoms with Crippen LogP contribution in [0.25, 0.3) is 0 Å². The number of rotatable bonds is 4. The lowest BCUT2D eigenvalue weighted by Gasteiger charge is -2.16. The maximum atomic E-state index is 12.0. The third-order valence-corrected chi connectivity index (χ3v) is 3.15. The summed E-state index contributed by atoms with van der Waals surface area (Å²) in [5.74, 6) is 0.596. The molecule has 4 heteroatoms. The molecule has 1 aromatic rings. The smallest absolute Gasteiger partial charge is 0.251 e. The van der Waals surface area contributed by atoms with E-state index in [0.717, 1.165) is 11.1 Å². The van der Waals surface area contributed by atoms with Crippen LogP contribution in [-0.2, 0) is 0 Å². The van der Waals surface area contributed by atoms with Gasteiger partial charge in [-0.2, -0.15) is 0 Å². The first-order valence-corrected chi connectivity index (χ1v) is 5.79. The first kappa shape index (κ1) is 14.0. The van der Waals surface area contributed by atoms with Gasteiger partial charge in [0.05, 0.1) is 0 Å². The molecule has 0 aromatic heterocycles. The molecule has 0 heterocycles. The van der Waals surface area contributed by atoms with Crippen LogP contribution in [-0.4, -0.2) is 18.5 Å². The molecule has 0 spiro atoms. The van der Waals surface area contributed by atoms with E-state index in [4.69, 9.17) is 5.73 Å². The largest absolute Gasteiger partial charge is 0.348 e. The van der Waals surface area contributed by atoms with Crippen molar-refractivity contribution in [1.82, 2.24) is 5.32 Å². The Morgan fingerprint density at radius 3 is 2.65 bits per heavy atom. The molecular weight excluding hydrogens is 236 g/mol. The summed E-state index contributed by atoms with van der Waals surface area (Å²) in [6, 6.07) is 7.77. The summed E-state index contributed by atoms with van der Waals surface area (Å²) < 4.78 is 0. The van der Waals surface area contributed by atoms with Crippen molar-refractivity contribution < 1.29 is 4.79 Å². The zero-order valence-electron chi connectivity index (χ0n) is 9.98. The van der Waals surface area contributed by atoms with Crippen LogP contribution in [0.4, 0.5) is 0 Å². The fraction of sp³-hybridized carbons (Fsp3) is 0.462. The highest BCUT2D eigenvalue weighted by Gasteiger charge is 2.31. The Hall–Kier alpha value is -1.06. The number of carbonyl (C=O) groups is 1. The zero-order chi connectivity index (χ0) is 11.5. The first-order chi connectivity index (χ1) is 7.72. The number of carbonyl (C=O) groups excluding carboxylic acids is 1. The summed E-state index contributed by atoms with van der Waals surface area (Å²) in [5, 5.41) is 3.02.